The van der Waals surface area contributed by atoms with E-state index in [2.05, 4.69) is 51.8 Å². The Labute approximate surface area is 111 Å². The Morgan fingerprint density at radius 1 is 1.22 bits per heavy atom. The zero-order chi connectivity index (χ0) is 13.9. The Morgan fingerprint density at radius 2 is 1.72 bits per heavy atom. The monoisotopic (exact) mass is 252 g/mol. The van der Waals surface area contributed by atoms with Crippen molar-refractivity contribution in [3.63, 3.8) is 0 Å². The maximum Gasteiger partial charge on any atom is 0.241 e. The van der Waals surface area contributed by atoms with E-state index in [1.54, 1.807) is 0 Å². The van der Waals surface area contributed by atoms with Crippen molar-refractivity contribution in [3.8, 4) is 0 Å². The summed E-state index contributed by atoms with van der Waals surface area (Å²) in [5, 5.41) is 3.46. The third-order valence-corrected chi connectivity index (χ3v) is 5.32. The van der Waals surface area contributed by atoms with Gasteiger partial charge < -0.3 is 4.90 Å². The van der Waals surface area contributed by atoms with Gasteiger partial charge in [-0.2, -0.15) is 0 Å². The fraction of sp³-hybridized carbons (Fsp3) is 0.933. The first kappa shape index (κ1) is 13.9. The molecule has 1 N–H and O–H groups in total. The van der Waals surface area contributed by atoms with Crippen molar-refractivity contribution in [2.45, 2.75) is 73.1 Å². The smallest absolute Gasteiger partial charge is 0.241 e. The van der Waals surface area contributed by atoms with E-state index < -0.39 is 0 Å². The molecular formula is C15H28N2O. The largest absolute Gasteiger partial charge is 0.322 e. The number of rotatable bonds is 3. The van der Waals surface area contributed by atoms with Crippen molar-refractivity contribution in [2.24, 2.45) is 16.7 Å². The Hall–Kier alpha value is -0.570. The second-order valence-electron chi connectivity index (χ2n) is 7.63. The second kappa shape index (κ2) is 3.96. The van der Waals surface area contributed by atoms with Gasteiger partial charge in [0.25, 0.3) is 0 Å². The summed E-state index contributed by atoms with van der Waals surface area (Å²) in [4.78, 5) is 14.6. The standard InChI is InChI=1S/C15H28N2O/c1-9(2)8-11-16-10(3)12(18)17(11)13-14(4,5)15(13,6)7/h9-11,13,16H,8H2,1-7H3. The lowest BCUT2D eigenvalue weighted by Gasteiger charge is -2.28. The van der Waals surface area contributed by atoms with Crippen LogP contribution in [0.15, 0.2) is 0 Å². The molecule has 2 unspecified atom stereocenters. The number of carbonyl (C=O) groups excluding carboxylic acids is 1. The van der Waals surface area contributed by atoms with Gasteiger partial charge in [-0.15, -0.1) is 0 Å². The summed E-state index contributed by atoms with van der Waals surface area (Å²) in [6, 6.07) is 0.347. The molecule has 0 aromatic rings. The highest BCUT2D eigenvalue weighted by molar-refractivity contribution is 5.85. The Balaban J connectivity index is 2.22. The summed E-state index contributed by atoms with van der Waals surface area (Å²) in [6.07, 6.45) is 1.26. The topological polar surface area (TPSA) is 32.3 Å². The molecule has 2 aliphatic rings. The molecule has 0 aromatic heterocycles. The molecule has 2 fully saturated rings. The number of nitrogens with one attached hydrogen (secondary N) is 1. The molecular weight excluding hydrogens is 224 g/mol. The quantitative estimate of drug-likeness (QED) is 0.837. The van der Waals surface area contributed by atoms with Crippen LogP contribution in [-0.2, 0) is 4.79 Å². The number of amides is 1. The predicted molar refractivity (Wildman–Crippen MR) is 74.0 cm³/mol. The van der Waals surface area contributed by atoms with Crippen molar-refractivity contribution in [1.29, 1.82) is 0 Å². The Kier molecular flexibility index (Phi) is 3.05. The van der Waals surface area contributed by atoms with Gasteiger partial charge in [0.2, 0.25) is 5.91 Å². The van der Waals surface area contributed by atoms with Crippen LogP contribution in [0.3, 0.4) is 0 Å². The maximum atomic E-state index is 12.4. The van der Waals surface area contributed by atoms with Gasteiger partial charge in [0, 0.05) is 6.04 Å². The van der Waals surface area contributed by atoms with Gasteiger partial charge >= 0.3 is 0 Å². The Bertz CT molecular complexity index is 346. The lowest BCUT2D eigenvalue weighted by molar-refractivity contribution is -0.131. The van der Waals surface area contributed by atoms with E-state index in [0.29, 0.717) is 12.0 Å². The molecule has 3 heteroatoms. The van der Waals surface area contributed by atoms with E-state index in [1.807, 2.05) is 6.92 Å². The fourth-order valence-electron chi connectivity index (χ4n) is 3.61. The predicted octanol–water partition coefficient (Wildman–Crippen LogP) is 2.61. The van der Waals surface area contributed by atoms with Crippen LogP contribution in [0.4, 0.5) is 0 Å². The highest BCUT2D eigenvalue weighted by atomic mass is 16.2. The van der Waals surface area contributed by atoms with Crippen LogP contribution in [0.1, 0.15) is 54.9 Å². The fourth-order valence-corrected chi connectivity index (χ4v) is 3.61. The van der Waals surface area contributed by atoms with E-state index in [1.165, 1.54) is 0 Å². The summed E-state index contributed by atoms with van der Waals surface area (Å²) < 4.78 is 0. The zero-order valence-electron chi connectivity index (χ0n) is 12.9. The minimum Gasteiger partial charge on any atom is -0.322 e. The Morgan fingerprint density at radius 3 is 2.11 bits per heavy atom. The first-order valence-corrected chi connectivity index (χ1v) is 7.19. The molecule has 0 aromatic carbocycles. The molecule has 1 aliphatic carbocycles. The van der Waals surface area contributed by atoms with Gasteiger partial charge in [0.1, 0.15) is 0 Å². The summed E-state index contributed by atoms with van der Waals surface area (Å²) in [5.41, 5.74) is 0.452. The first-order chi connectivity index (χ1) is 8.10. The van der Waals surface area contributed by atoms with Crippen molar-refractivity contribution < 1.29 is 4.79 Å². The third kappa shape index (κ3) is 1.78. The van der Waals surface area contributed by atoms with Crippen LogP contribution < -0.4 is 5.32 Å². The molecule has 1 aliphatic heterocycles. The minimum absolute atomic E-state index is 0.0269. The van der Waals surface area contributed by atoms with Crippen LogP contribution in [0, 0.1) is 16.7 Å². The molecule has 0 bridgehead atoms. The van der Waals surface area contributed by atoms with Crippen LogP contribution >= 0.6 is 0 Å². The molecule has 1 saturated carbocycles. The molecule has 2 rings (SSSR count). The van der Waals surface area contributed by atoms with Crippen LogP contribution in [0.5, 0.6) is 0 Å². The van der Waals surface area contributed by atoms with Gasteiger partial charge in [0.05, 0.1) is 12.2 Å². The zero-order valence-corrected chi connectivity index (χ0v) is 12.9. The number of nitrogens with zero attached hydrogens (tertiary/aromatic N) is 1. The molecule has 3 nitrogen and oxygen atoms in total. The van der Waals surface area contributed by atoms with Crippen molar-refractivity contribution in [1.82, 2.24) is 10.2 Å². The average molecular weight is 252 g/mol. The molecule has 0 radical (unpaired) electrons. The lowest BCUT2D eigenvalue weighted by Crippen LogP contribution is -2.42. The minimum atomic E-state index is -0.0269. The van der Waals surface area contributed by atoms with Gasteiger partial charge in [-0.25, -0.2) is 0 Å². The number of hydrogen-bond acceptors (Lipinski definition) is 2. The van der Waals surface area contributed by atoms with E-state index in [0.717, 1.165) is 6.42 Å². The average Bonchev–Trinajstić information content (AvgIpc) is 2.45. The maximum absolute atomic E-state index is 12.4. The van der Waals surface area contributed by atoms with Crippen LogP contribution in [0.25, 0.3) is 0 Å². The van der Waals surface area contributed by atoms with Gasteiger partial charge in [-0.3, -0.25) is 10.1 Å². The molecule has 0 spiro atoms. The molecule has 104 valence electrons. The summed E-state index contributed by atoms with van der Waals surface area (Å²) in [6.45, 7) is 15.5. The molecule has 1 saturated heterocycles. The molecule has 2 atom stereocenters. The molecule has 1 heterocycles. The van der Waals surface area contributed by atoms with Crippen LogP contribution in [0.2, 0.25) is 0 Å². The highest BCUT2D eigenvalue weighted by Crippen LogP contribution is 2.66. The van der Waals surface area contributed by atoms with Crippen molar-refractivity contribution >= 4 is 5.91 Å². The summed E-state index contributed by atoms with van der Waals surface area (Å²) in [5.74, 6) is 0.886. The van der Waals surface area contributed by atoms with Crippen LogP contribution in [-0.4, -0.2) is 29.1 Å². The van der Waals surface area contributed by atoms with Crippen molar-refractivity contribution in [3.05, 3.63) is 0 Å². The SMILES string of the molecule is CC(C)CC1NC(C)C(=O)N1C1C(C)(C)C1(C)C. The summed E-state index contributed by atoms with van der Waals surface area (Å²) in [7, 11) is 0. The van der Waals surface area contributed by atoms with E-state index >= 15 is 0 Å². The highest BCUT2D eigenvalue weighted by Gasteiger charge is 2.69. The summed E-state index contributed by atoms with van der Waals surface area (Å²) >= 11 is 0. The van der Waals surface area contributed by atoms with E-state index in [4.69, 9.17) is 0 Å². The first-order valence-electron chi connectivity index (χ1n) is 7.19. The molecule has 1 amide bonds. The lowest BCUT2D eigenvalue weighted by atomic mass is 10.0. The second-order valence-corrected chi connectivity index (χ2v) is 7.63. The van der Waals surface area contributed by atoms with Gasteiger partial charge in [-0.1, -0.05) is 41.5 Å². The molecule has 18 heavy (non-hydrogen) atoms. The third-order valence-electron chi connectivity index (χ3n) is 5.32. The normalized spacial score (nSPS) is 34.4. The van der Waals surface area contributed by atoms with E-state index in [9.17, 15) is 4.79 Å². The van der Waals surface area contributed by atoms with E-state index in [-0.39, 0.29) is 28.9 Å². The van der Waals surface area contributed by atoms with Gasteiger partial charge in [-0.05, 0) is 30.1 Å². The number of hydrogen-bond donors (Lipinski definition) is 1. The van der Waals surface area contributed by atoms with Crippen molar-refractivity contribution in [2.75, 3.05) is 0 Å². The number of carbonyl (C=O) groups is 1. The van der Waals surface area contributed by atoms with Gasteiger partial charge in [0.15, 0.2) is 0 Å².